The maximum absolute atomic E-state index is 13.1. The van der Waals surface area contributed by atoms with Gasteiger partial charge in [-0.25, -0.2) is 13.8 Å². The number of carbonyl (C=O) groups is 1. The van der Waals surface area contributed by atoms with Gasteiger partial charge in [0.05, 0.1) is 24.8 Å². The summed E-state index contributed by atoms with van der Waals surface area (Å²) >= 11 is 0. The number of amides is 1. The van der Waals surface area contributed by atoms with Crippen LogP contribution < -0.4 is 10.6 Å². The fourth-order valence-electron chi connectivity index (χ4n) is 3.42. The predicted octanol–water partition coefficient (Wildman–Crippen LogP) is 2.46. The monoisotopic (exact) mass is 428 g/mol. The fraction of sp³-hybridized carbons (Fsp3) is 0.765. The van der Waals surface area contributed by atoms with Crippen molar-refractivity contribution in [3.8, 4) is 0 Å². The van der Waals surface area contributed by atoms with Crippen molar-refractivity contribution in [2.45, 2.75) is 51.6 Å². The van der Waals surface area contributed by atoms with Gasteiger partial charge in [0.25, 0.3) is 5.92 Å². The molecule has 3 heterocycles. The summed E-state index contributed by atoms with van der Waals surface area (Å²) in [6, 6.07) is -0.772. The van der Waals surface area contributed by atoms with Crippen LogP contribution in [0.4, 0.5) is 8.78 Å². The zero-order valence-electron chi connectivity index (χ0n) is 15.6. The molecular weight excluding hydrogens is 401 g/mol. The van der Waals surface area contributed by atoms with E-state index in [1.165, 1.54) is 0 Å². The van der Waals surface area contributed by atoms with E-state index in [1.54, 1.807) is 0 Å². The highest BCUT2D eigenvalue weighted by Gasteiger charge is 2.42. The van der Waals surface area contributed by atoms with Crippen LogP contribution in [0.1, 0.15) is 36.6 Å². The van der Waals surface area contributed by atoms with E-state index in [2.05, 4.69) is 20.5 Å². The Morgan fingerprint density at radius 2 is 2.00 bits per heavy atom. The lowest BCUT2D eigenvalue weighted by atomic mass is 9.96. The lowest BCUT2D eigenvalue weighted by molar-refractivity contribution is -0.123. The minimum Gasteiger partial charge on any atom is -0.444 e. The van der Waals surface area contributed by atoms with Gasteiger partial charge in [-0.15, -0.1) is 24.8 Å². The Labute approximate surface area is 170 Å². The molecule has 27 heavy (non-hydrogen) atoms. The van der Waals surface area contributed by atoms with Gasteiger partial charge in [0, 0.05) is 13.0 Å². The molecule has 1 aromatic heterocycles. The molecule has 156 valence electrons. The Balaban J connectivity index is 0.00000182. The number of alkyl halides is 2. The molecule has 0 saturated carbocycles. The van der Waals surface area contributed by atoms with E-state index in [0.29, 0.717) is 19.0 Å². The molecule has 3 rings (SSSR count). The average molecular weight is 429 g/mol. The summed E-state index contributed by atoms with van der Waals surface area (Å²) < 4.78 is 31.9. The van der Waals surface area contributed by atoms with Crippen LogP contribution in [-0.2, 0) is 11.3 Å². The van der Waals surface area contributed by atoms with Crippen LogP contribution in [0, 0.1) is 19.8 Å². The minimum absolute atomic E-state index is 0. The Morgan fingerprint density at radius 1 is 1.33 bits per heavy atom. The number of halogens is 4. The van der Waals surface area contributed by atoms with Crippen LogP contribution in [0.25, 0.3) is 0 Å². The summed E-state index contributed by atoms with van der Waals surface area (Å²) in [5, 5.41) is 5.41. The van der Waals surface area contributed by atoms with Gasteiger partial charge in [-0.2, -0.15) is 0 Å². The number of oxazole rings is 1. The summed E-state index contributed by atoms with van der Waals surface area (Å²) in [6.07, 6.45) is 1.52. The Bertz CT molecular complexity index is 603. The van der Waals surface area contributed by atoms with E-state index in [4.69, 9.17) is 4.42 Å². The van der Waals surface area contributed by atoms with Crippen LogP contribution in [0.15, 0.2) is 4.42 Å². The van der Waals surface area contributed by atoms with E-state index < -0.39 is 24.9 Å². The van der Waals surface area contributed by atoms with Crippen molar-refractivity contribution in [2.24, 2.45) is 5.92 Å². The molecule has 1 amide bonds. The molecule has 0 aliphatic carbocycles. The van der Waals surface area contributed by atoms with E-state index >= 15 is 0 Å². The summed E-state index contributed by atoms with van der Waals surface area (Å²) in [5.74, 6) is -1.10. The quantitative estimate of drug-likeness (QED) is 0.753. The first-order valence-electron chi connectivity index (χ1n) is 8.86. The number of nitrogens with zero attached hydrogens (tertiary/aromatic N) is 2. The molecule has 10 heteroatoms. The van der Waals surface area contributed by atoms with Gasteiger partial charge in [0.1, 0.15) is 5.76 Å². The van der Waals surface area contributed by atoms with Crippen LogP contribution in [0.5, 0.6) is 0 Å². The maximum Gasteiger partial charge on any atom is 0.262 e. The molecule has 1 aromatic rings. The molecule has 2 aliphatic heterocycles. The number of carbonyl (C=O) groups excluding carboxylic acids is 1. The van der Waals surface area contributed by atoms with Gasteiger partial charge >= 0.3 is 0 Å². The first kappa shape index (κ1) is 24.1. The summed E-state index contributed by atoms with van der Waals surface area (Å²) in [4.78, 5) is 18.7. The van der Waals surface area contributed by atoms with E-state index in [0.717, 1.165) is 43.3 Å². The second-order valence-corrected chi connectivity index (χ2v) is 7.21. The Morgan fingerprint density at radius 3 is 2.52 bits per heavy atom. The number of nitrogens with one attached hydrogen (secondary N) is 2. The predicted molar refractivity (Wildman–Crippen MR) is 103 cm³/mol. The number of hydrogen-bond donors (Lipinski definition) is 2. The largest absolute Gasteiger partial charge is 0.444 e. The maximum atomic E-state index is 13.1. The molecule has 2 aliphatic rings. The molecule has 2 N–H and O–H groups in total. The van der Waals surface area contributed by atoms with Gasteiger partial charge in [-0.3, -0.25) is 15.0 Å². The fourth-order valence-corrected chi connectivity index (χ4v) is 3.42. The van der Waals surface area contributed by atoms with Crippen molar-refractivity contribution >= 4 is 30.7 Å². The first-order chi connectivity index (χ1) is 11.8. The van der Waals surface area contributed by atoms with Crippen LogP contribution in [0.3, 0.4) is 0 Å². The molecule has 0 bridgehead atoms. The lowest BCUT2D eigenvalue weighted by Gasteiger charge is -2.31. The van der Waals surface area contributed by atoms with Crippen LogP contribution >= 0.6 is 24.8 Å². The van der Waals surface area contributed by atoms with Crippen molar-refractivity contribution in [1.29, 1.82) is 0 Å². The summed E-state index contributed by atoms with van der Waals surface area (Å²) in [5.41, 5.74) is 0.929. The number of aryl methyl sites for hydroxylation is 2. The van der Waals surface area contributed by atoms with Crippen molar-refractivity contribution in [2.75, 3.05) is 26.2 Å². The summed E-state index contributed by atoms with van der Waals surface area (Å²) in [7, 11) is 0. The molecule has 1 unspecified atom stereocenters. The Hall–Kier alpha value is -0.960. The third kappa shape index (κ3) is 6.55. The number of piperidine rings is 1. The highest BCUT2D eigenvalue weighted by atomic mass is 35.5. The molecule has 1 atom stereocenters. The standard InChI is InChI=1S/C17H26F2N4O2.2ClH/c1-11-12(2)25-15(22-11)9-23-5-3-13(4-6-23)8-20-16(24)14-7-17(18,19)10-21-14;;/h13-14,21H,3-10H2,1-2H3,(H,20,24);2*1H. The normalized spacial score (nSPS) is 22.7. The number of aromatic nitrogens is 1. The van der Waals surface area contributed by atoms with Crippen LogP contribution in [0.2, 0.25) is 0 Å². The smallest absolute Gasteiger partial charge is 0.262 e. The Kier molecular flexibility index (Phi) is 8.92. The second-order valence-electron chi connectivity index (χ2n) is 7.21. The molecule has 2 fully saturated rings. The van der Waals surface area contributed by atoms with Gasteiger partial charge in [-0.1, -0.05) is 0 Å². The third-order valence-electron chi connectivity index (χ3n) is 5.13. The number of rotatable bonds is 5. The van der Waals surface area contributed by atoms with Gasteiger partial charge in [0.2, 0.25) is 11.8 Å². The SMILES string of the molecule is Cc1nc(CN2CCC(CNC(=O)C3CC(F)(F)CN3)CC2)oc1C.Cl.Cl. The van der Waals surface area contributed by atoms with Crippen molar-refractivity contribution in [3.05, 3.63) is 17.3 Å². The third-order valence-corrected chi connectivity index (χ3v) is 5.13. The van der Waals surface area contributed by atoms with Crippen molar-refractivity contribution < 1.29 is 18.0 Å². The zero-order chi connectivity index (χ0) is 18.0. The highest BCUT2D eigenvalue weighted by Crippen LogP contribution is 2.25. The average Bonchev–Trinajstić information content (AvgIpc) is 3.08. The first-order valence-corrected chi connectivity index (χ1v) is 8.86. The van der Waals surface area contributed by atoms with E-state index in [1.807, 2.05) is 13.8 Å². The van der Waals surface area contributed by atoms with Gasteiger partial charge < -0.3 is 9.73 Å². The van der Waals surface area contributed by atoms with Gasteiger partial charge in [-0.05, 0) is 45.7 Å². The second kappa shape index (κ2) is 10.0. The lowest BCUT2D eigenvalue weighted by Crippen LogP contribution is -2.44. The summed E-state index contributed by atoms with van der Waals surface area (Å²) in [6.45, 7) is 6.52. The molecule has 6 nitrogen and oxygen atoms in total. The van der Waals surface area contributed by atoms with Crippen LogP contribution in [-0.4, -0.2) is 53.9 Å². The molecule has 0 aromatic carbocycles. The highest BCUT2D eigenvalue weighted by molar-refractivity contribution is 5.85. The minimum atomic E-state index is -2.77. The van der Waals surface area contributed by atoms with E-state index in [-0.39, 0.29) is 30.7 Å². The molecule has 0 radical (unpaired) electrons. The molecule has 0 spiro atoms. The van der Waals surface area contributed by atoms with Crippen molar-refractivity contribution in [1.82, 2.24) is 20.5 Å². The topological polar surface area (TPSA) is 70.4 Å². The van der Waals surface area contributed by atoms with Crippen molar-refractivity contribution in [3.63, 3.8) is 0 Å². The van der Waals surface area contributed by atoms with Gasteiger partial charge in [0.15, 0.2) is 0 Å². The number of likely N-dealkylation sites (tertiary alicyclic amines) is 1. The molecular formula is C17H28Cl2F2N4O2. The zero-order valence-corrected chi connectivity index (χ0v) is 17.2. The number of hydrogen-bond acceptors (Lipinski definition) is 5. The molecule has 2 saturated heterocycles. The van der Waals surface area contributed by atoms with E-state index in [9.17, 15) is 13.6 Å².